The minimum Gasteiger partial charge on any atom is -0.486 e. The fraction of sp³-hybridized carbons (Fsp3) is 0.0769. The van der Waals surface area contributed by atoms with Crippen molar-refractivity contribution in [1.29, 1.82) is 5.26 Å². The van der Waals surface area contributed by atoms with Crippen molar-refractivity contribution in [3.05, 3.63) is 57.3 Å². The topological polar surface area (TPSA) is 45.9 Å². The number of pyridine rings is 1. The molecule has 0 spiro atoms. The van der Waals surface area contributed by atoms with Crippen LogP contribution in [-0.4, -0.2) is 4.98 Å². The molecule has 0 saturated heterocycles. The Kier molecular flexibility index (Phi) is 4.19. The van der Waals surface area contributed by atoms with E-state index in [1.807, 2.05) is 18.2 Å². The van der Waals surface area contributed by atoms with Crippen LogP contribution in [0.4, 0.5) is 0 Å². The second-order valence-corrected chi connectivity index (χ2v) is 4.84. The Morgan fingerprint density at radius 1 is 1.33 bits per heavy atom. The van der Waals surface area contributed by atoms with Crippen molar-refractivity contribution in [1.82, 2.24) is 4.98 Å². The third-order valence-corrected chi connectivity index (χ3v) is 2.99. The maximum Gasteiger partial charge on any atom is 0.138 e. The number of ether oxygens (including phenoxy) is 1. The molecule has 0 bridgehead atoms. The zero-order chi connectivity index (χ0) is 13.0. The number of benzene rings is 1. The van der Waals surface area contributed by atoms with Gasteiger partial charge in [0.2, 0.25) is 0 Å². The minimum absolute atomic E-state index is 0.332. The lowest BCUT2D eigenvalue weighted by Crippen LogP contribution is -1.98. The van der Waals surface area contributed by atoms with E-state index in [4.69, 9.17) is 21.6 Å². The van der Waals surface area contributed by atoms with Crippen molar-refractivity contribution < 1.29 is 4.74 Å². The largest absolute Gasteiger partial charge is 0.486 e. The van der Waals surface area contributed by atoms with E-state index in [1.165, 1.54) is 0 Å². The highest BCUT2D eigenvalue weighted by Gasteiger charge is 2.04. The van der Waals surface area contributed by atoms with Gasteiger partial charge in [0.05, 0.1) is 22.3 Å². The number of aromatic nitrogens is 1. The molecule has 5 heteroatoms. The van der Waals surface area contributed by atoms with Gasteiger partial charge in [0.15, 0.2) is 0 Å². The average Bonchev–Trinajstić information content (AvgIpc) is 2.39. The van der Waals surface area contributed by atoms with Crippen LogP contribution in [0, 0.1) is 11.3 Å². The predicted molar refractivity (Wildman–Crippen MR) is 72.4 cm³/mol. The SMILES string of the molecule is N#Cc1ccc(OCc2ccc(Br)cn2)c(Cl)c1. The van der Waals surface area contributed by atoms with E-state index in [1.54, 1.807) is 24.4 Å². The molecule has 18 heavy (non-hydrogen) atoms. The van der Waals surface area contributed by atoms with Crippen molar-refractivity contribution in [2.75, 3.05) is 0 Å². The van der Waals surface area contributed by atoms with E-state index in [0.717, 1.165) is 10.2 Å². The number of hydrogen-bond donors (Lipinski definition) is 0. The Labute approximate surface area is 118 Å². The third kappa shape index (κ3) is 3.22. The molecule has 2 aromatic rings. The summed E-state index contributed by atoms with van der Waals surface area (Å²) < 4.78 is 6.46. The van der Waals surface area contributed by atoms with Crippen LogP contribution in [0.25, 0.3) is 0 Å². The number of halogens is 2. The highest BCUT2D eigenvalue weighted by atomic mass is 79.9. The summed E-state index contributed by atoms with van der Waals surface area (Å²) in [6.45, 7) is 0.332. The highest BCUT2D eigenvalue weighted by Crippen LogP contribution is 2.25. The molecule has 0 unspecified atom stereocenters. The Balaban J connectivity index is 2.06. The second kappa shape index (κ2) is 5.85. The number of nitriles is 1. The summed E-state index contributed by atoms with van der Waals surface area (Å²) in [6, 6.07) is 10.7. The molecule has 90 valence electrons. The number of nitrogens with zero attached hydrogens (tertiary/aromatic N) is 2. The molecule has 2 rings (SSSR count). The highest BCUT2D eigenvalue weighted by molar-refractivity contribution is 9.10. The summed E-state index contributed by atoms with van der Waals surface area (Å²) in [5, 5.41) is 9.15. The Hall–Kier alpha value is -1.57. The standard InChI is InChI=1S/C13H8BrClN2O/c14-10-2-3-11(17-7-10)8-18-13-4-1-9(6-16)5-12(13)15/h1-5,7H,8H2. The van der Waals surface area contributed by atoms with Gasteiger partial charge in [-0.1, -0.05) is 11.6 Å². The lowest BCUT2D eigenvalue weighted by Gasteiger charge is -2.07. The van der Waals surface area contributed by atoms with Gasteiger partial charge in [-0.2, -0.15) is 5.26 Å². The van der Waals surface area contributed by atoms with Crippen molar-refractivity contribution in [2.45, 2.75) is 6.61 Å². The lowest BCUT2D eigenvalue weighted by molar-refractivity contribution is 0.301. The van der Waals surface area contributed by atoms with Gasteiger partial charge in [-0.15, -0.1) is 0 Å². The van der Waals surface area contributed by atoms with Crippen molar-refractivity contribution in [3.63, 3.8) is 0 Å². The van der Waals surface area contributed by atoms with Gasteiger partial charge >= 0.3 is 0 Å². The van der Waals surface area contributed by atoms with Crippen LogP contribution in [0.1, 0.15) is 11.3 Å². The molecule has 0 saturated carbocycles. The Morgan fingerprint density at radius 3 is 2.78 bits per heavy atom. The van der Waals surface area contributed by atoms with Crippen LogP contribution in [-0.2, 0) is 6.61 Å². The molecule has 0 amide bonds. The molecular weight excluding hydrogens is 316 g/mol. The molecule has 0 aliphatic rings. The van der Waals surface area contributed by atoms with Crippen molar-refractivity contribution in [2.24, 2.45) is 0 Å². The normalized spacial score (nSPS) is 9.83. The molecule has 0 N–H and O–H groups in total. The summed E-state index contributed by atoms with van der Waals surface area (Å²) >= 11 is 9.31. The molecule has 1 heterocycles. The van der Waals surface area contributed by atoms with Crippen LogP contribution in [0.15, 0.2) is 41.0 Å². The molecule has 3 nitrogen and oxygen atoms in total. The molecule has 0 atom stereocenters. The van der Waals surface area contributed by atoms with E-state index in [-0.39, 0.29) is 0 Å². The van der Waals surface area contributed by atoms with E-state index >= 15 is 0 Å². The second-order valence-electron chi connectivity index (χ2n) is 3.51. The molecule has 0 aliphatic carbocycles. The monoisotopic (exact) mass is 322 g/mol. The maximum absolute atomic E-state index is 8.72. The van der Waals surface area contributed by atoms with Gasteiger partial charge in [-0.05, 0) is 46.3 Å². The van der Waals surface area contributed by atoms with Gasteiger partial charge < -0.3 is 4.74 Å². The fourth-order valence-electron chi connectivity index (χ4n) is 1.33. The first-order valence-corrected chi connectivity index (χ1v) is 6.29. The van der Waals surface area contributed by atoms with Crippen LogP contribution < -0.4 is 4.74 Å². The zero-order valence-electron chi connectivity index (χ0n) is 9.23. The molecule has 1 aromatic heterocycles. The minimum atomic E-state index is 0.332. The third-order valence-electron chi connectivity index (χ3n) is 2.23. The van der Waals surface area contributed by atoms with Gasteiger partial charge in [0, 0.05) is 10.7 Å². The molecule has 0 fully saturated rings. The molecule has 0 radical (unpaired) electrons. The smallest absolute Gasteiger partial charge is 0.138 e. The van der Waals surface area contributed by atoms with Gasteiger partial charge in [0.1, 0.15) is 12.4 Å². The summed E-state index contributed by atoms with van der Waals surface area (Å²) in [5.74, 6) is 0.542. The van der Waals surface area contributed by atoms with E-state index in [0.29, 0.717) is 22.9 Å². The van der Waals surface area contributed by atoms with E-state index in [2.05, 4.69) is 20.9 Å². The van der Waals surface area contributed by atoms with Gasteiger partial charge in [-0.3, -0.25) is 4.98 Å². The predicted octanol–water partition coefficient (Wildman–Crippen LogP) is 3.95. The summed E-state index contributed by atoms with van der Waals surface area (Å²) in [5.41, 5.74) is 1.31. The van der Waals surface area contributed by atoms with Crippen molar-refractivity contribution >= 4 is 27.5 Å². The molecular formula is C13H8BrClN2O. The number of rotatable bonds is 3. The first kappa shape index (κ1) is 12.9. The lowest BCUT2D eigenvalue weighted by atomic mass is 10.2. The maximum atomic E-state index is 8.72. The first-order valence-electron chi connectivity index (χ1n) is 5.12. The van der Waals surface area contributed by atoms with Crippen molar-refractivity contribution in [3.8, 4) is 11.8 Å². The first-order chi connectivity index (χ1) is 8.69. The quantitative estimate of drug-likeness (QED) is 0.859. The van der Waals surface area contributed by atoms with Gasteiger partial charge in [0.25, 0.3) is 0 Å². The number of hydrogen-bond acceptors (Lipinski definition) is 3. The Bertz CT molecular complexity index is 593. The van der Waals surface area contributed by atoms with Crippen LogP contribution in [0.3, 0.4) is 0 Å². The average molecular weight is 324 g/mol. The van der Waals surface area contributed by atoms with Gasteiger partial charge in [-0.25, -0.2) is 0 Å². The molecule has 1 aromatic carbocycles. The fourth-order valence-corrected chi connectivity index (χ4v) is 1.80. The summed E-state index contributed by atoms with van der Waals surface area (Å²) in [6.07, 6.45) is 1.71. The summed E-state index contributed by atoms with van der Waals surface area (Å²) in [7, 11) is 0. The van der Waals surface area contributed by atoms with Crippen LogP contribution >= 0.6 is 27.5 Å². The zero-order valence-corrected chi connectivity index (χ0v) is 11.6. The van der Waals surface area contributed by atoms with E-state index < -0.39 is 0 Å². The van der Waals surface area contributed by atoms with Crippen LogP contribution in [0.5, 0.6) is 5.75 Å². The van der Waals surface area contributed by atoms with E-state index in [9.17, 15) is 0 Å². The Morgan fingerprint density at radius 2 is 2.17 bits per heavy atom. The summed E-state index contributed by atoms with van der Waals surface area (Å²) in [4.78, 5) is 4.19. The van der Waals surface area contributed by atoms with Crippen LogP contribution in [0.2, 0.25) is 5.02 Å². The molecule has 0 aliphatic heterocycles.